The van der Waals surface area contributed by atoms with Crippen LogP contribution in [0.1, 0.15) is 35.6 Å². The van der Waals surface area contributed by atoms with E-state index in [0.29, 0.717) is 11.7 Å². The number of anilines is 1. The number of aromatic amines is 1. The highest BCUT2D eigenvalue weighted by Crippen LogP contribution is 2.43. The van der Waals surface area contributed by atoms with Gasteiger partial charge in [-0.3, -0.25) is 5.10 Å². The van der Waals surface area contributed by atoms with Crippen molar-refractivity contribution in [2.24, 2.45) is 0 Å². The molecule has 1 aromatic carbocycles. The fourth-order valence-electron chi connectivity index (χ4n) is 2.63. The van der Waals surface area contributed by atoms with E-state index in [9.17, 15) is 0 Å². The molecular weight excluding hydrogens is 250 g/mol. The van der Waals surface area contributed by atoms with Crippen LogP contribution in [-0.4, -0.2) is 20.0 Å². The molecule has 1 fully saturated rings. The molecule has 3 aromatic rings. The minimum Gasteiger partial charge on any atom is -0.383 e. The molecule has 0 spiro atoms. The Balaban J connectivity index is 1.77. The van der Waals surface area contributed by atoms with Crippen LogP contribution in [0, 0.1) is 6.92 Å². The van der Waals surface area contributed by atoms with Gasteiger partial charge in [0.25, 0.3) is 0 Å². The number of benzene rings is 1. The fourth-order valence-corrected chi connectivity index (χ4v) is 2.63. The fraction of sp³-hybridized carbons (Fsp3) is 0.333. The Labute approximate surface area is 116 Å². The molecule has 1 saturated carbocycles. The molecule has 0 aliphatic heterocycles. The Hall–Kier alpha value is -2.30. The lowest BCUT2D eigenvalue weighted by atomic mass is 10.1. The van der Waals surface area contributed by atoms with Crippen molar-refractivity contribution in [3.05, 3.63) is 41.1 Å². The molecule has 2 aromatic heterocycles. The molecular formula is C15H17N5. The molecule has 5 heteroatoms. The normalized spacial score (nSPS) is 15.1. The SMILES string of the molecule is Cc1ccc(Cn2nc(C3CC3)c3c(N)[nH]nc32)cc1. The largest absolute Gasteiger partial charge is 0.383 e. The molecule has 5 nitrogen and oxygen atoms in total. The number of fused-ring (bicyclic) bond motifs is 1. The summed E-state index contributed by atoms with van der Waals surface area (Å²) in [6, 6.07) is 8.51. The third kappa shape index (κ3) is 1.78. The van der Waals surface area contributed by atoms with Crippen LogP contribution in [0.5, 0.6) is 0 Å². The maximum Gasteiger partial charge on any atom is 0.182 e. The third-order valence-corrected chi connectivity index (χ3v) is 3.92. The quantitative estimate of drug-likeness (QED) is 0.766. The molecule has 0 saturated heterocycles. The Morgan fingerprint density at radius 1 is 1.30 bits per heavy atom. The van der Waals surface area contributed by atoms with Crippen molar-refractivity contribution in [3.63, 3.8) is 0 Å². The summed E-state index contributed by atoms with van der Waals surface area (Å²) in [5, 5.41) is 13.0. The summed E-state index contributed by atoms with van der Waals surface area (Å²) in [4.78, 5) is 0. The van der Waals surface area contributed by atoms with Crippen molar-refractivity contribution in [2.45, 2.75) is 32.2 Å². The van der Waals surface area contributed by atoms with Crippen LogP contribution < -0.4 is 5.73 Å². The first-order valence-corrected chi connectivity index (χ1v) is 6.98. The molecule has 0 bridgehead atoms. The number of rotatable bonds is 3. The van der Waals surface area contributed by atoms with Gasteiger partial charge >= 0.3 is 0 Å². The van der Waals surface area contributed by atoms with Gasteiger partial charge in [-0.15, -0.1) is 0 Å². The molecule has 0 unspecified atom stereocenters. The van der Waals surface area contributed by atoms with Gasteiger partial charge in [0, 0.05) is 5.92 Å². The van der Waals surface area contributed by atoms with E-state index in [1.165, 1.54) is 24.0 Å². The zero-order valence-electron chi connectivity index (χ0n) is 11.4. The second-order valence-electron chi connectivity index (χ2n) is 5.64. The number of aromatic nitrogens is 4. The summed E-state index contributed by atoms with van der Waals surface area (Å²) >= 11 is 0. The van der Waals surface area contributed by atoms with Gasteiger partial charge in [0.05, 0.1) is 17.6 Å². The molecule has 20 heavy (non-hydrogen) atoms. The smallest absolute Gasteiger partial charge is 0.182 e. The Bertz CT molecular complexity index is 762. The van der Waals surface area contributed by atoms with E-state index in [1.54, 1.807) is 0 Å². The number of aryl methyl sites for hydroxylation is 1. The van der Waals surface area contributed by atoms with Crippen LogP contribution >= 0.6 is 0 Å². The maximum atomic E-state index is 6.00. The van der Waals surface area contributed by atoms with E-state index in [0.717, 1.165) is 23.3 Å². The number of hydrogen-bond donors (Lipinski definition) is 2. The van der Waals surface area contributed by atoms with Gasteiger partial charge in [0.15, 0.2) is 5.65 Å². The molecule has 0 atom stereocenters. The minimum atomic E-state index is 0.566. The molecule has 0 radical (unpaired) electrons. The van der Waals surface area contributed by atoms with E-state index >= 15 is 0 Å². The molecule has 2 heterocycles. The van der Waals surface area contributed by atoms with Crippen molar-refractivity contribution >= 4 is 16.9 Å². The van der Waals surface area contributed by atoms with Gasteiger partial charge in [0.1, 0.15) is 5.82 Å². The monoisotopic (exact) mass is 267 g/mol. The van der Waals surface area contributed by atoms with Crippen molar-refractivity contribution in [2.75, 3.05) is 5.73 Å². The average Bonchev–Trinajstić information content (AvgIpc) is 3.12. The molecule has 0 amide bonds. The summed E-state index contributed by atoms with van der Waals surface area (Å²) in [6.07, 6.45) is 2.42. The van der Waals surface area contributed by atoms with Crippen LogP contribution in [0.25, 0.3) is 11.0 Å². The molecule has 1 aliphatic carbocycles. The van der Waals surface area contributed by atoms with Gasteiger partial charge in [-0.25, -0.2) is 4.68 Å². The Morgan fingerprint density at radius 3 is 2.75 bits per heavy atom. The van der Waals surface area contributed by atoms with Gasteiger partial charge in [-0.05, 0) is 25.3 Å². The number of hydrogen-bond acceptors (Lipinski definition) is 3. The lowest BCUT2D eigenvalue weighted by molar-refractivity contribution is 0.683. The molecule has 1 aliphatic rings. The first-order chi connectivity index (χ1) is 9.72. The Morgan fingerprint density at radius 2 is 2.05 bits per heavy atom. The molecule has 102 valence electrons. The summed E-state index contributed by atoms with van der Waals surface area (Å²) in [5.41, 5.74) is 10.5. The highest BCUT2D eigenvalue weighted by atomic mass is 15.3. The second-order valence-corrected chi connectivity index (χ2v) is 5.64. The first-order valence-electron chi connectivity index (χ1n) is 6.98. The van der Waals surface area contributed by atoms with Crippen LogP contribution in [0.2, 0.25) is 0 Å². The van der Waals surface area contributed by atoms with E-state index < -0.39 is 0 Å². The Kier molecular flexibility index (Phi) is 2.36. The highest BCUT2D eigenvalue weighted by Gasteiger charge is 2.31. The van der Waals surface area contributed by atoms with Crippen molar-refractivity contribution in [1.82, 2.24) is 20.0 Å². The van der Waals surface area contributed by atoms with E-state index in [-0.39, 0.29) is 0 Å². The number of nitrogen functional groups attached to an aromatic ring is 1. The number of H-pyrrole nitrogens is 1. The third-order valence-electron chi connectivity index (χ3n) is 3.92. The summed E-state index contributed by atoms with van der Waals surface area (Å²) in [7, 11) is 0. The van der Waals surface area contributed by atoms with Crippen LogP contribution in [0.15, 0.2) is 24.3 Å². The minimum absolute atomic E-state index is 0.566. The summed E-state index contributed by atoms with van der Waals surface area (Å²) in [6.45, 7) is 2.82. The van der Waals surface area contributed by atoms with Crippen LogP contribution in [0.3, 0.4) is 0 Å². The lowest BCUT2D eigenvalue weighted by Gasteiger charge is -2.02. The lowest BCUT2D eigenvalue weighted by Crippen LogP contribution is -2.03. The van der Waals surface area contributed by atoms with Gasteiger partial charge in [0.2, 0.25) is 0 Å². The predicted molar refractivity (Wildman–Crippen MR) is 78.5 cm³/mol. The predicted octanol–water partition coefficient (Wildman–Crippen LogP) is 2.58. The topological polar surface area (TPSA) is 72.5 Å². The van der Waals surface area contributed by atoms with E-state index in [4.69, 9.17) is 10.8 Å². The zero-order valence-corrected chi connectivity index (χ0v) is 11.4. The summed E-state index contributed by atoms with van der Waals surface area (Å²) in [5.74, 6) is 1.20. The highest BCUT2D eigenvalue weighted by molar-refractivity contribution is 5.89. The van der Waals surface area contributed by atoms with Gasteiger partial charge in [-0.1, -0.05) is 29.8 Å². The average molecular weight is 267 g/mol. The molecule has 4 rings (SSSR count). The zero-order chi connectivity index (χ0) is 13.7. The standard InChI is InChI=1S/C15H17N5/c1-9-2-4-10(5-3-9)8-20-15-12(14(16)17-18-15)13(19-20)11-6-7-11/h2-5,11H,6-8H2,1H3,(H3,16,17,18). The molecule has 3 N–H and O–H groups in total. The van der Waals surface area contributed by atoms with Crippen LogP contribution in [0.4, 0.5) is 5.82 Å². The number of nitrogens with one attached hydrogen (secondary N) is 1. The first kappa shape index (κ1) is 11.5. The van der Waals surface area contributed by atoms with E-state index in [1.807, 2.05) is 4.68 Å². The maximum absolute atomic E-state index is 6.00. The summed E-state index contributed by atoms with van der Waals surface area (Å²) < 4.78 is 1.96. The van der Waals surface area contributed by atoms with Gasteiger partial charge in [-0.2, -0.15) is 10.2 Å². The van der Waals surface area contributed by atoms with Crippen molar-refractivity contribution in [1.29, 1.82) is 0 Å². The number of nitrogens with two attached hydrogens (primary N) is 1. The number of nitrogens with zero attached hydrogens (tertiary/aromatic N) is 3. The van der Waals surface area contributed by atoms with Gasteiger partial charge < -0.3 is 5.73 Å². The van der Waals surface area contributed by atoms with E-state index in [2.05, 4.69) is 41.4 Å². The van der Waals surface area contributed by atoms with Crippen molar-refractivity contribution in [3.8, 4) is 0 Å². The van der Waals surface area contributed by atoms with Crippen molar-refractivity contribution < 1.29 is 0 Å². The second kappa shape index (κ2) is 4.10. The van der Waals surface area contributed by atoms with Crippen LogP contribution in [-0.2, 0) is 6.54 Å².